The number of imidazole rings is 1. The lowest BCUT2D eigenvalue weighted by Gasteiger charge is -2.10. The van der Waals surface area contributed by atoms with E-state index in [1.807, 2.05) is 43.3 Å². The number of aromatic nitrogens is 4. The lowest BCUT2D eigenvalue weighted by Crippen LogP contribution is -2.10. The van der Waals surface area contributed by atoms with Gasteiger partial charge in [-0.3, -0.25) is 0 Å². The van der Waals surface area contributed by atoms with Crippen LogP contribution in [0.3, 0.4) is 0 Å². The number of pyridine rings is 2. The average Bonchev–Trinajstić information content (AvgIpc) is 2.97. The molecule has 0 aliphatic carbocycles. The predicted octanol–water partition coefficient (Wildman–Crippen LogP) is 3.35. The Morgan fingerprint density at radius 3 is 2.32 bits per heavy atom. The molecule has 7 nitrogen and oxygen atoms in total. The van der Waals surface area contributed by atoms with E-state index < -0.39 is 0 Å². The molecule has 0 aliphatic heterocycles. The van der Waals surface area contributed by atoms with Gasteiger partial charge in [-0.05, 0) is 50.2 Å². The molecule has 0 atom stereocenters. The van der Waals surface area contributed by atoms with Gasteiger partial charge in [0.25, 0.3) is 0 Å². The normalized spacial score (nSPS) is 11.1. The quantitative estimate of drug-likeness (QED) is 0.555. The predicted molar refractivity (Wildman–Crippen MR) is 111 cm³/mol. The second-order valence-corrected chi connectivity index (χ2v) is 6.72. The lowest BCUT2D eigenvalue weighted by molar-refractivity contribution is 0.298. The molecule has 4 N–H and O–H groups in total. The largest absolute Gasteiger partial charge is 0.492 e. The fraction of sp³-hybridized carbons (Fsp3) is 0.190. The number of anilines is 2. The zero-order valence-electron chi connectivity index (χ0n) is 15.9. The Balaban J connectivity index is 1.60. The van der Waals surface area contributed by atoms with Crippen LogP contribution in [0.25, 0.3) is 22.4 Å². The molecule has 0 fully saturated rings. The van der Waals surface area contributed by atoms with Crippen LogP contribution in [-0.2, 0) is 6.54 Å². The number of ether oxygens (including phenoxy) is 1. The molecule has 7 heteroatoms. The van der Waals surface area contributed by atoms with Crippen molar-refractivity contribution in [3.8, 4) is 17.0 Å². The SMILES string of the molecule is Cc1ccc(OCCn2c(C)nc3ccc(-c4cc(N)nc(N)c4)nc32)cc1. The molecule has 0 saturated heterocycles. The first-order chi connectivity index (χ1) is 13.5. The van der Waals surface area contributed by atoms with Crippen molar-refractivity contribution in [1.29, 1.82) is 0 Å². The summed E-state index contributed by atoms with van der Waals surface area (Å²) in [5, 5.41) is 0. The van der Waals surface area contributed by atoms with Crippen molar-refractivity contribution < 1.29 is 4.74 Å². The van der Waals surface area contributed by atoms with Crippen LogP contribution >= 0.6 is 0 Å². The highest BCUT2D eigenvalue weighted by Gasteiger charge is 2.11. The monoisotopic (exact) mass is 374 g/mol. The molecule has 0 unspecified atom stereocenters. The number of fused-ring (bicyclic) bond motifs is 1. The minimum atomic E-state index is 0.369. The average molecular weight is 374 g/mol. The van der Waals surface area contributed by atoms with Gasteiger partial charge in [0.05, 0.1) is 12.2 Å². The Hall–Kier alpha value is -3.61. The van der Waals surface area contributed by atoms with Crippen molar-refractivity contribution >= 4 is 22.8 Å². The molecule has 3 heterocycles. The summed E-state index contributed by atoms with van der Waals surface area (Å²) in [5.41, 5.74) is 16.1. The van der Waals surface area contributed by atoms with Crippen LogP contribution in [0.1, 0.15) is 11.4 Å². The Kier molecular flexibility index (Phi) is 4.57. The highest BCUT2D eigenvalue weighted by molar-refractivity contribution is 5.77. The van der Waals surface area contributed by atoms with E-state index in [1.165, 1.54) is 5.56 Å². The molecule has 4 rings (SSSR count). The summed E-state index contributed by atoms with van der Waals surface area (Å²) in [7, 11) is 0. The van der Waals surface area contributed by atoms with E-state index in [2.05, 4.69) is 21.5 Å². The van der Waals surface area contributed by atoms with Gasteiger partial charge in [-0.1, -0.05) is 17.7 Å². The maximum absolute atomic E-state index is 5.87. The standard InChI is InChI=1S/C21H22N6O/c1-13-3-5-16(6-4-13)28-10-9-27-14(2)24-18-8-7-17(25-21(18)27)15-11-19(22)26-20(23)12-15/h3-8,11-12H,9-10H2,1-2H3,(H4,22,23,26). The first-order valence-electron chi connectivity index (χ1n) is 9.06. The van der Waals surface area contributed by atoms with E-state index in [4.69, 9.17) is 21.2 Å². The van der Waals surface area contributed by atoms with Gasteiger partial charge >= 0.3 is 0 Å². The zero-order chi connectivity index (χ0) is 19.7. The number of aryl methyl sites for hydroxylation is 2. The summed E-state index contributed by atoms with van der Waals surface area (Å²) in [6.07, 6.45) is 0. The van der Waals surface area contributed by atoms with Crippen LogP contribution in [0.2, 0.25) is 0 Å². The number of benzene rings is 1. The molecular formula is C21H22N6O. The van der Waals surface area contributed by atoms with Crippen molar-refractivity contribution in [2.75, 3.05) is 18.1 Å². The maximum Gasteiger partial charge on any atom is 0.160 e. The molecule has 0 saturated carbocycles. The van der Waals surface area contributed by atoms with Crippen molar-refractivity contribution in [3.63, 3.8) is 0 Å². The Bertz CT molecular complexity index is 1110. The summed E-state index contributed by atoms with van der Waals surface area (Å²) in [6, 6.07) is 15.4. The Labute approximate surface area is 163 Å². The third kappa shape index (κ3) is 3.59. The van der Waals surface area contributed by atoms with Crippen molar-refractivity contribution in [2.24, 2.45) is 0 Å². The summed E-state index contributed by atoms with van der Waals surface area (Å²) >= 11 is 0. The fourth-order valence-corrected chi connectivity index (χ4v) is 3.15. The third-order valence-corrected chi connectivity index (χ3v) is 4.55. The summed E-state index contributed by atoms with van der Waals surface area (Å²) < 4.78 is 7.92. The summed E-state index contributed by atoms with van der Waals surface area (Å²) in [5.74, 6) is 2.48. The minimum Gasteiger partial charge on any atom is -0.492 e. The Morgan fingerprint density at radius 1 is 0.893 bits per heavy atom. The highest BCUT2D eigenvalue weighted by atomic mass is 16.5. The molecule has 4 aromatic rings. The molecule has 0 radical (unpaired) electrons. The van der Waals surface area contributed by atoms with Gasteiger partial charge in [-0.2, -0.15) is 0 Å². The highest BCUT2D eigenvalue weighted by Crippen LogP contribution is 2.24. The number of nitrogen functional groups attached to an aromatic ring is 2. The molecule has 0 amide bonds. The molecule has 0 bridgehead atoms. The van der Waals surface area contributed by atoms with Gasteiger partial charge in [-0.15, -0.1) is 0 Å². The zero-order valence-corrected chi connectivity index (χ0v) is 15.9. The molecular weight excluding hydrogens is 352 g/mol. The first-order valence-corrected chi connectivity index (χ1v) is 9.06. The van der Waals surface area contributed by atoms with Gasteiger partial charge < -0.3 is 20.8 Å². The van der Waals surface area contributed by atoms with Gasteiger partial charge in [0.1, 0.15) is 35.3 Å². The van der Waals surface area contributed by atoms with Crippen LogP contribution in [0, 0.1) is 13.8 Å². The second kappa shape index (κ2) is 7.19. The smallest absolute Gasteiger partial charge is 0.160 e. The summed E-state index contributed by atoms with van der Waals surface area (Å²) in [4.78, 5) is 13.4. The van der Waals surface area contributed by atoms with E-state index >= 15 is 0 Å². The van der Waals surface area contributed by atoms with Gasteiger partial charge in [-0.25, -0.2) is 15.0 Å². The minimum absolute atomic E-state index is 0.369. The van der Waals surface area contributed by atoms with Crippen LogP contribution in [0.5, 0.6) is 5.75 Å². The molecule has 1 aromatic carbocycles. The van der Waals surface area contributed by atoms with E-state index in [0.717, 1.165) is 34.0 Å². The number of hydrogen-bond acceptors (Lipinski definition) is 6. The topological polar surface area (TPSA) is 105 Å². The van der Waals surface area contributed by atoms with Gasteiger partial charge in [0, 0.05) is 5.56 Å². The van der Waals surface area contributed by atoms with Crippen LogP contribution in [0.4, 0.5) is 11.6 Å². The molecule has 28 heavy (non-hydrogen) atoms. The second-order valence-electron chi connectivity index (χ2n) is 6.72. The Morgan fingerprint density at radius 2 is 1.61 bits per heavy atom. The summed E-state index contributed by atoms with van der Waals surface area (Å²) in [6.45, 7) is 5.19. The van der Waals surface area contributed by atoms with Crippen LogP contribution in [0.15, 0.2) is 48.5 Å². The van der Waals surface area contributed by atoms with Gasteiger partial charge in [0.2, 0.25) is 0 Å². The first kappa shape index (κ1) is 17.8. The number of nitrogens with zero attached hydrogens (tertiary/aromatic N) is 4. The number of hydrogen-bond donors (Lipinski definition) is 2. The van der Waals surface area contributed by atoms with E-state index in [1.54, 1.807) is 12.1 Å². The number of nitrogens with two attached hydrogens (primary N) is 2. The van der Waals surface area contributed by atoms with Gasteiger partial charge in [0.15, 0.2) is 5.65 Å². The van der Waals surface area contributed by atoms with Crippen molar-refractivity contribution in [2.45, 2.75) is 20.4 Å². The molecule has 0 aliphatic rings. The van der Waals surface area contributed by atoms with E-state index in [-0.39, 0.29) is 0 Å². The van der Waals surface area contributed by atoms with E-state index in [9.17, 15) is 0 Å². The number of rotatable bonds is 5. The fourth-order valence-electron chi connectivity index (χ4n) is 3.15. The molecule has 0 spiro atoms. The van der Waals surface area contributed by atoms with Crippen LogP contribution in [-0.4, -0.2) is 26.1 Å². The van der Waals surface area contributed by atoms with E-state index in [0.29, 0.717) is 24.8 Å². The van der Waals surface area contributed by atoms with Crippen molar-refractivity contribution in [3.05, 3.63) is 59.9 Å². The van der Waals surface area contributed by atoms with Crippen LogP contribution < -0.4 is 16.2 Å². The maximum atomic E-state index is 5.87. The van der Waals surface area contributed by atoms with Crippen molar-refractivity contribution in [1.82, 2.24) is 19.5 Å². The molecule has 142 valence electrons. The lowest BCUT2D eigenvalue weighted by atomic mass is 10.1. The third-order valence-electron chi connectivity index (χ3n) is 4.55. The molecule has 3 aromatic heterocycles.